The van der Waals surface area contributed by atoms with Gasteiger partial charge in [0.15, 0.2) is 0 Å². The first kappa shape index (κ1) is 10.8. The first-order valence-electron chi connectivity index (χ1n) is 6.43. The van der Waals surface area contributed by atoms with E-state index >= 15 is 0 Å². The van der Waals surface area contributed by atoms with Crippen LogP contribution in [0.5, 0.6) is 0 Å². The molecule has 1 saturated carbocycles. The highest BCUT2D eigenvalue weighted by atomic mass is 15.2. The molecule has 0 radical (unpaired) electrons. The monoisotopic (exact) mass is 232 g/mol. The van der Waals surface area contributed by atoms with Gasteiger partial charge in [0.2, 0.25) is 0 Å². The molecule has 1 aromatic rings. The maximum atomic E-state index is 5.88. The zero-order valence-electron chi connectivity index (χ0n) is 10.6. The molecular formula is C13H20N4. The van der Waals surface area contributed by atoms with E-state index in [0.29, 0.717) is 17.2 Å². The van der Waals surface area contributed by atoms with E-state index in [1.165, 1.54) is 19.3 Å². The average Bonchev–Trinajstić information content (AvgIpc) is 3.02. The fourth-order valence-electron chi connectivity index (χ4n) is 2.47. The Hall–Kier alpha value is -1.32. The van der Waals surface area contributed by atoms with Gasteiger partial charge in [0.1, 0.15) is 17.5 Å². The fourth-order valence-corrected chi connectivity index (χ4v) is 2.47. The molecule has 1 aliphatic heterocycles. The summed E-state index contributed by atoms with van der Waals surface area (Å²) in [4.78, 5) is 11.4. The Balaban J connectivity index is 1.87. The number of nitrogens with two attached hydrogens (primary N) is 1. The van der Waals surface area contributed by atoms with E-state index < -0.39 is 0 Å². The van der Waals surface area contributed by atoms with Crippen molar-refractivity contribution in [3.8, 4) is 0 Å². The predicted molar refractivity (Wildman–Crippen MR) is 69.0 cm³/mol. The quantitative estimate of drug-likeness (QED) is 0.849. The summed E-state index contributed by atoms with van der Waals surface area (Å²) in [6.07, 6.45) is 3.65. The minimum absolute atomic E-state index is 0.388. The number of nitrogen functional groups attached to an aromatic ring is 1. The molecule has 17 heavy (non-hydrogen) atoms. The van der Waals surface area contributed by atoms with E-state index in [9.17, 15) is 0 Å². The standard InChI is InChI=1S/C13H20N4/c1-13(2)5-6-17(8-13)11-7-10(14)15-12(16-11)9-3-4-9/h7,9H,3-6,8H2,1-2H3,(H2,14,15,16). The molecule has 4 nitrogen and oxygen atoms in total. The minimum Gasteiger partial charge on any atom is -0.384 e. The smallest absolute Gasteiger partial charge is 0.136 e. The van der Waals surface area contributed by atoms with Crippen LogP contribution in [0.25, 0.3) is 0 Å². The van der Waals surface area contributed by atoms with E-state index in [0.717, 1.165) is 24.7 Å². The lowest BCUT2D eigenvalue weighted by Crippen LogP contribution is -2.24. The predicted octanol–water partition coefficient (Wildman–Crippen LogP) is 2.17. The summed E-state index contributed by atoms with van der Waals surface area (Å²) in [6.45, 7) is 6.75. The first-order chi connectivity index (χ1) is 8.03. The Bertz CT molecular complexity index is 437. The maximum absolute atomic E-state index is 5.88. The summed E-state index contributed by atoms with van der Waals surface area (Å²) < 4.78 is 0. The molecule has 1 aliphatic carbocycles. The molecule has 2 N–H and O–H groups in total. The van der Waals surface area contributed by atoms with Crippen LogP contribution in [-0.2, 0) is 0 Å². The lowest BCUT2D eigenvalue weighted by Gasteiger charge is -2.21. The van der Waals surface area contributed by atoms with Gasteiger partial charge in [0, 0.05) is 25.1 Å². The van der Waals surface area contributed by atoms with Crippen molar-refractivity contribution in [1.82, 2.24) is 9.97 Å². The second-order valence-electron chi connectivity index (χ2n) is 6.12. The molecule has 0 spiro atoms. The minimum atomic E-state index is 0.388. The number of nitrogens with zero attached hydrogens (tertiary/aromatic N) is 3. The van der Waals surface area contributed by atoms with E-state index in [1.807, 2.05) is 6.07 Å². The van der Waals surface area contributed by atoms with Crippen LogP contribution in [0.4, 0.5) is 11.6 Å². The SMILES string of the molecule is CC1(C)CCN(c2cc(N)nc(C3CC3)n2)C1. The van der Waals surface area contributed by atoms with E-state index in [2.05, 4.69) is 28.7 Å². The zero-order chi connectivity index (χ0) is 12.0. The Morgan fingerprint density at radius 3 is 2.71 bits per heavy atom. The summed E-state index contributed by atoms with van der Waals surface area (Å²) in [7, 11) is 0. The van der Waals surface area contributed by atoms with Gasteiger partial charge in [-0.25, -0.2) is 9.97 Å². The van der Waals surface area contributed by atoms with Gasteiger partial charge in [-0.2, -0.15) is 0 Å². The second kappa shape index (κ2) is 3.59. The van der Waals surface area contributed by atoms with Gasteiger partial charge in [-0.05, 0) is 24.7 Å². The van der Waals surface area contributed by atoms with Crippen LogP contribution in [0, 0.1) is 5.41 Å². The van der Waals surface area contributed by atoms with Crippen LogP contribution < -0.4 is 10.6 Å². The van der Waals surface area contributed by atoms with Crippen molar-refractivity contribution in [2.45, 2.75) is 39.0 Å². The van der Waals surface area contributed by atoms with Crippen molar-refractivity contribution in [1.29, 1.82) is 0 Å². The number of hydrogen-bond acceptors (Lipinski definition) is 4. The Kier molecular flexibility index (Phi) is 2.28. The molecule has 2 fully saturated rings. The highest BCUT2D eigenvalue weighted by molar-refractivity contribution is 5.48. The van der Waals surface area contributed by atoms with Gasteiger partial charge in [-0.1, -0.05) is 13.8 Å². The largest absolute Gasteiger partial charge is 0.384 e. The third kappa shape index (κ3) is 2.21. The first-order valence-corrected chi connectivity index (χ1v) is 6.43. The molecule has 3 rings (SSSR count). The molecule has 0 bridgehead atoms. The molecule has 2 aliphatic rings. The maximum Gasteiger partial charge on any atom is 0.136 e. The number of hydrogen-bond donors (Lipinski definition) is 1. The molecule has 1 saturated heterocycles. The molecule has 0 amide bonds. The Labute approximate surface area is 102 Å². The average molecular weight is 232 g/mol. The van der Waals surface area contributed by atoms with Crippen molar-refractivity contribution < 1.29 is 0 Å². The molecule has 2 heterocycles. The topological polar surface area (TPSA) is 55.0 Å². The van der Waals surface area contributed by atoms with Crippen LogP contribution in [0.15, 0.2) is 6.07 Å². The summed E-state index contributed by atoms with van der Waals surface area (Å²) in [5.74, 6) is 3.14. The molecule has 4 heteroatoms. The molecule has 0 unspecified atom stereocenters. The highest BCUT2D eigenvalue weighted by Crippen LogP contribution is 2.39. The van der Waals surface area contributed by atoms with Crippen LogP contribution in [0.2, 0.25) is 0 Å². The van der Waals surface area contributed by atoms with E-state index in [4.69, 9.17) is 5.73 Å². The van der Waals surface area contributed by atoms with Crippen molar-refractivity contribution in [2.24, 2.45) is 5.41 Å². The van der Waals surface area contributed by atoms with Crippen molar-refractivity contribution in [3.63, 3.8) is 0 Å². The lowest BCUT2D eigenvalue weighted by atomic mass is 9.93. The third-order valence-corrected chi connectivity index (χ3v) is 3.69. The van der Waals surface area contributed by atoms with E-state index in [1.54, 1.807) is 0 Å². The number of aromatic nitrogens is 2. The van der Waals surface area contributed by atoms with Gasteiger partial charge in [0.05, 0.1) is 0 Å². The summed E-state index contributed by atoms with van der Waals surface area (Å²) in [5, 5.41) is 0. The van der Waals surface area contributed by atoms with Crippen LogP contribution >= 0.6 is 0 Å². The Morgan fingerprint density at radius 1 is 1.35 bits per heavy atom. The molecule has 0 aromatic carbocycles. The van der Waals surface area contributed by atoms with Gasteiger partial charge in [-0.3, -0.25) is 0 Å². The zero-order valence-corrected chi connectivity index (χ0v) is 10.6. The summed E-state index contributed by atoms with van der Waals surface area (Å²) in [6, 6.07) is 1.91. The van der Waals surface area contributed by atoms with Crippen LogP contribution in [0.3, 0.4) is 0 Å². The fraction of sp³-hybridized carbons (Fsp3) is 0.692. The molecule has 0 atom stereocenters. The van der Waals surface area contributed by atoms with Crippen LogP contribution in [0.1, 0.15) is 44.9 Å². The highest BCUT2D eigenvalue weighted by Gasteiger charge is 2.32. The van der Waals surface area contributed by atoms with Gasteiger partial charge in [-0.15, -0.1) is 0 Å². The normalized spacial score (nSPS) is 23.1. The summed E-state index contributed by atoms with van der Waals surface area (Å²) >= 11 is 0. The van der Waals surface area contributed by atoms with E-state index in [-0.39, 0.29) is 0 Å². The van der Waals surface area contributed by atoms with Crippen molar-refractivity contribution in [2.75, 3.05) is 23.7 Å². The van der Waals surface area contributed by atoms with Crippen LogP contribution in [-0.4, -0.2) is 23.1 Å². The number of rotatable bonds is 2. The third-order valence-electron chi connectivity index (χ3n) is 3.69. The number of anilines is 2. The van der Waals surface area contributed by atoms with Gasteiger partial charge in [0.25, 0.3) is 0 Å². The molecule has 92 valence electrons. The Morgan fingerprint density at radius 2 is 2.12 bits per heavy atom. The van der Waals surface area contributed by atoms with Gasteiger partial charge < -0.3 is 10.6 Å². The van der Waals surface area contributed by atoms with Crippen molar-refractivity contribution in [3.05, 3.63) is 11.9 Å². The second-order valence-corrected chi connectivity index (χ2v) is 6.12. The molecular weight excluding hydrogens is 212 g/mol. The summed E-state index contributed by atoms with van der Waals surface area (Å²) in [5.41, 5.74) is 6.27. The van der Waals surface area contributed by atoms with Gasteiger partial charge >= 0.3 is 0 Å². The molecule has 1 aromatic heterocycles. The van der Waals surface area contributed by atoms with Crippen molar-refractivity contribution >= 4 is 11.6 Å². The lowest BCUT2D eigenvalue weighted by molar-refractivity contribution is 0.418.